The Morgan fingerprint density at radius 2 is 1.96 bits per heavy atom. The van der Waals surface area contributed by atoms with Crippen molar-refractivity contribution in [2.45, 2.75) is 32.2 Å². The number of hydrogen-bond acceptors (Lipinski definition) is 4. The van der Waals surface area contributed by atoms with Gasteiger partial charge in [0.25, 0.3) is 0 Å². The second-order valence-corrected chi connectivity index (χ2v) is 5.63. The van der Waals surface area contributed by atoms with Crippen LogP contribution in [-0.2, 0) is 20.4 Å². The molecule has 0 radical (unpaired) electrons. The van der Waals surface area contributed by atoms with Crippen molar-refractivity contribution in [2.75, 3.05) is 19.8 Å². The monoisotopic (exact) mass is 332 g/mol. The first-order chi connectivity index (χ1) is 10.7. The van der Waals surface area contributed by atoms with Crippen molar-refractivity contribution in [3.8, 4) is 0 Å². The van der Waals surface area contributed by atoms with Crippen molar-refractivity contribution < 1.29 is 32.2 Å². The van der Waals surface area contributed by atoms with Crippen molar-refractivity contribution in [1.29, 1.82) is 0 Å². The van der Waals surface area contributed by atoms with Crippen molar-refractivity contribution in [3.05, 3.63) is 35.4 Å². The molecule has 128 valence electrons. The quantitative estimate of drug-likeness (QED) is 0.772. The molecule has 4 nitrogen and oxygen atoms in total. The molecule has 1 aromatic rings. The number of rotatable bonds is 5. The number of halogens is 3. The second kappa shape index (κ2) is 6.88. The molecule has 0 bridgehead atoms. The van der Waals surface area contributed by atoms with Crippen LogP contribution in [0, 0.1) is 5.92 Å². The summed E-state index contributed by atoms with van der Waals surface area (Å²) < 4.78 is 54.2. The fourth-order valence-electron chi connectivity index (χ4n) is 2.43. The van der Waals surface area contributed by atoms with Gasteiger partial charge in [-0.25, -0.2) is 4.79 Å². The molecule has 0 atom stereocenters. The predicted molar refractivity (Wildman–Crippen MR) is 75.8 cm³/mol. The number of hydrogen-bond donors (Lipinski definition) is 0. The summed E-state index contributed by atoms with van der Waals surface area (Å²) >= 11 is 0. The average Bonchev–Trinajstić information content (AvgIpc) is 2.96. The van der Waals surface area contributed by atoms with Gasteiger partial charge in [-0.2, -0.15) is 13.2 Å². The van der Waals surface area contributed by atoms with E-state index in [0.717, 1.165) is 12.1 Å². The highest BCUT2D eigenvalue weighted by molar-refractivity contribution is 5.89. The minimum absolute atomic E-state index is 0.00720. The number of esters is 1. The van der Waals surface area contributed by atoms with Crippen molar-refractivity contribution in [1.82, 2.24) is 0 Å². The average molecular weight is 332 g/mol. The van der Waals surface area contributed by atoms with Crippen LogP contribution < -0.4 is 0 Å². The van der Waals surface area contributed by atoms with Crippen LogP contribution in [0.15, 0.2) is 24.3 Å². The zero-order valence-electron chi connectivity index (χ0n) is 13.0. The molecule has 7 heteroatoms. The first-order valence-corrected chi connectivity index (χ1v) is 7.37. The van der Waals surface area contributed by atoms with Crippen LogP contribution in [0.2, 0.25) is 0 Å². The molecule has 0 saturated carbocycles. The Hall–Kier alpha value is -1.60. The van der Waals surface area contributed by atoms with Gasteiger partial charge in [-0.05, 0) is 18.2 Å². The first-order valence-electron chi connectivity index (χ1n) is 7.37. The molecule has 1 fully saturated rings. The highest BCUT2D eigenvalue weighted by Crippen LogP contribution is 2.32. The lowest BCUT2D eigenvalue weighted by Crippen LogP contribution is -2.37. The Kier molecular flexibility index (Phi) is 5.31. The number of carbonyl (C=O) groups excluding carboxylic acids is 1. The Morgan fingerprint density at radius 1 is 1.30 bits per heavy atom. The number of carbonyl (C=O) groups is 1. The van der Waals surface area contributed by atoms with Gasteiger partial charge in [0.15, 0.2) is 5.79 Å². The molecule has 23 heavy (non-hydrogen) atoms. The zero-order valence-corrected chi connectivity index (χ0v) is 13.0. The highest BCUT2D eigenvalue weighted by atomic mass is 19.4. The smallest absolute Gasteiger partial charge is 0.416 e. The van der Waals surface area contributed by atoms with Gasteiger partial charge in [0, 0.05) is 12.3 Å². The van der Waals surface area contributed by atoms with E-state index in [4.69, 9.17) is 14.2 Å². The summed E-state index contributed by atoms with van der Waals surface area (Å²) in [7, 11) is 0. The minimum atomic E-state index is -4.50. The third kappa shape index (κ3) is 4.23. The lowest BCUT2D eigenvalue weighted by molar-refractivity contribution is -0.196. The summed E-state index contributed by atoms with van der Waals surface area (Å²) in [6, 6.07) is 4.16. The van der Waals surface area contributed by atoms with Crippen molar-refractivity contribution in [3.63, 3.8) is 0 Å². The molecule has 0 aromatic heterocycles. The molecule has 0 aliphatic carbocycles. The first kappa shape index (κ1) is 17.7. The number of alkyl halides is 3. The fraction of sp³-hybridized carbons (Fsp3) is 0.562. The summed E-state index contributed by atoms with van der Waals surface area (Å²) in [5.74, 6) is -1.53. The topological polar surface area (TPSA) is 44.8 Å². The van der Waals surface area contributed by atoms with Crippen LogP contribution in [0.5, 0.6) is 0 Å². The van der Waals surface area contributed by atoms with E-state index in [-0.39, 0.29) is 18.1 Å². The van der Waals surface area contributed by atoms with Crippen LogP contribution in [0.1, 0.15) is 36.2 Å². The lowest BCUT2D eigenvalue weighted by Gasteiger charge is -2.31. The molecule has 2 rings (SSSR count). The Balaban J connectivity index is 1.95. The molecule has 1 aliphatic heterocycles. The molecular formula is C16H19F3O4. The van der Waals surface area contributed by atoms with Crippen molar-refractivity contribution >= 4 is 5.97 Å². The van der Waals surface area contributed by atoms with E-state index < -0.39 is 23.5 Å². The minimum Gasteiger partial charge on any atom is -0.462 e. The van der Waals surface area contributed by atoms with E-state index in [1.165, 1.54) is 12.1 Å². The molecule has 0 N–H and O–H groups in total. The molecule has 1 saturated heterocycles. The summed E-state index contributed by atoms with van der Waals surface area (Å²) in [5.41, 5.74) is -1.01. The molecule has 0 spiro atoms. The maximum Gasteiger partial charge on any atom is 0.416 e. The second-order valence-electron chi connectivity index (χ2n) is 5.63. The standard InChI is InChI=1S/C16H19F3O4/c1-11(2)15(22-8-9-23-15)6-7-21-14(20)12-4-3-5-13(10-12)16(17,18)19/h3-5,10-11H,6-9H2,1-2H3. The Morgan fingerprint density at radius 3 is 2.52 bits per heavy atom. The van der Waals surface area contributed by atoms with Crippen LogP contribution in [0.4, 0.5) is 13.2 Å². The van der Waals surface area contributed by atoms with Gasteiger partial charge in [0.05, 0.1) is 30.9 Å². The normalized spacial score (nSPS) is 17.5. The van der Waals surface area contributed by atoms with E-state index in [1.54, 1.807) is 0 Å². The summed E-state index contributed by atoms with van der Waals surface area (Å²) in [4.78, 5) is 11.9. The Labute approximate surface area is 132 Å². The van der Waals surface area contributed by atoms with E-state index >= 15 is 0 Å². The van der Waals surface area contributed by atoms with Gasteiger partial charge in [0.1, 0.15) is 0 Å². The van der Waals surface area contributed by atoms with Gasteiger partial charge in [0.2, 0.25) is 0 Å². The van der Waals surface area contributed by atoms with E-state index in [9.17, 15) is 18.0 Å². The zero-order chi connectivity index (χ0) is 17.1. The lowest BCUT2D eigenvalue weighted by atomic mass is 10.00. The largest absolute Gasteiger partial charge is 0.462 e. The van der Waals surface area contributed by atoms with Gasteiger partial charge in [-0.1, -0.05) is 19.9 Å². The molecule has 0 unspecified atom stereocenters. The molecule has 0 amide bonds. The van der Waals surface area contributed by atoms with Gasteiger partial charge in [-0.15, -0.1) is 0 Å². The van der Waals surface area contributed by atoms with Gasteiger partial charge < -0.3 is 14.2 Å². The van der Waals surface area contributed by atoms with Crippen LogP contribution in [-0.4, -0.2) is 31.6 Å². The molecule has 1 aromatic carbocycles. The molecular weight excluding hydrogens is 313 g/mol. The number of benzene rings is 1. The summed E-state index contributed by atoms with van der Waals surface area (Å²) in [6.07, 6.45) is -4.17. The van der Waals surface area contributed by atoms with Crippen LogP contribution in [0.25, 0.3) is 0 Å². The van der Waals surface area contributed by atoms with E-state index in [1.807, 2.05) is 13.8 Å². The summed E-state index contributed by atoms with van der Waals surface area (Å²) in [5, 5.41) is 0. The summed E-state index contributed by atoms with van der Waals surface area (Å²) in [6.45, 7) is 4.81. The Bertz CT molecular complexity index is 549. The third-order valence-electron chi connectivity index (χ3n) is 3.77. The van der Waals surface area contributed by atoms with Crippen LogP contribution >= 0.6 is 0 Å². The SMILES string of the molecule is CC(C)C1(CCOC(=O)c2cccc(C(F)(F)F)c2)OCCO1. The maximum absolute atomic E-state index is 12.6. The highest BCUT2D eigenvalue weighted by Gasteiger charge is 2.39. The predicted octanol–water partition coefficient (Wildman–Crippen LogP) is 3.65. The third-order valence-corrected chi connectivity index (χ3v) is 3.77. The van der Waals surface area contributed by atoms with Crippen molar-refractivity contribution in [2.24, 2.45) is 5.92 Å². The number of ether oxygens (including phenoxy) is 3. The maximum atomic E-state index is 12.6. The van der Waals surface area contributed by atoms with Gasteiger partial charge in [-0.3, -0.25) is 0 Å². The van der Waals surface area contributed by atoms with E-state index in [2.05, 4.69) is 0 Å². The van der Waals surface area contributed by atoms with Gasteiger partial charge >= 0.3 is 12.1 Å². The molecule has 1 heterocycles. The molecule has 1 aliphatic rings. The van der Waals surface area contributed by atoms with Crippen LogP contribution in [0.3, 0.4) is 0 Å². The van der Waals surface area contributed by atoms with E-state index in [0.29, 0.717) is 19.6 Å². The fourth-order valence-corrected chi connectivity index (χ4v) is 2.43.